The molecule has 7 heteroatoms. The molecule has 1 atom stereocenters. The Labute approximate surface area is 172 Å². The third-order valence-electron chi connectivity index (χ3n) is 4.76. The third kappa shape index (κ3) is 3.32. The average molecular weight is 414 g/mol. The van der Waals surface area contributed by atoms with Crippen LogP contribution in [0.15, 0.2) is 53.6 Å². The van der Waals surface area contributed by atoms with Gasteiger partial charge in [0.15, 0.2) is 0 Å². The minimum Gasteiger partial charge on any atom is -0.494 e. The van der Waals surface area contributed by atoms with Crippen LogP contribution in [-0.2, 0) is 4.79 Å². The Hall–Kier alpha value is -2.63. The number of aromatic nitrogens is 1. The van der Waals surface area contributed by atoms with Crippen molar-refractivity contribution < 1.29 is 9.53 Å². The molecule has 0 spiro atoms. The maximum Gasteiger partial charge on any atom is 0.240 e. The molecule has 0 fully saturated rings. The smallest absolute Gasteiger partial charge is 0.240 e. The van der Waals surface area contributed by atoms with Crippen molar-refractivity contribution in [2.75, 3.05) is 7.11 Å². The van der Waals surface area contributed by atoms with Gasteiger partial charge in [-0.3, -0.25) is 4.79 Å². The summed E-state index contributed by atoms with van der Waals surface area (Å²) in [5.74, 6) is 0.487. The van der Waals surface area contributed by atoms with Crippen LogP contribution in [0.1, 0.15) is 30.5 Å². The van der Waals surface area contributed by atoms with Crippen LogP contribution in [0.3, 0.4) is 0 Å². The highest BCUT2D eigenvalue weighted by Gasteiger charge is 2.33. The molecule has 1 aliphatic rings. The summed E-state index contributed by atoms with van der Waals surface area (Å²) in [7, 11) is 1.60. The van der Waals surface area contributed by atoms with Crippen molar-refractivity contribution in [1.82, 2.24) is 9.99 Å². The molecule has 1 aromatic heterocycles. The average Bonchev–Trinajstić information content (AvgIpc) is 3.12. The number of carbonyl (C=O) groups excluding carboxylic acids is 1. The maximum absolute atomic E-state index is 12.3. The van der Waals surface area contributed by atoms with Crippen molar-refractivity contribution in [3.63, 3.8) is 0 Å². The monoisotopic (exact) mass is 413 g/mol. The number of carbonyl (C=O) groups is 1. The molecular formula is C21H17Cl2N3O2. The summed E-state index contributed by atoms with van der Waals surface area (Å²) < 4.78 is 5.37. The number of hydrogen-bond acceptors (Lipinski definition) is 4. The van der Waals surface area contributed by atoms with Gasteiger partial charge in [-0.15, -0.1) is 0 Å². The normalized spacial score (nSPS) is 16.4. The number of benzene rings is 2. The Morgan fingerprint density at radius 1 is 1.18 bits per heavy atom. The first kappa shape index (κ1) is 18.7. The van der Waals surface area contributed by atoms with Crippen LogP contribution in [-0.4, -0.2) is 28.7 Å². The van der Waals surface area contributed by atoms with Crippen molar-refractivity contribution >= 4 is 45.7 Å². The van der Waals surface area contributed by atoms with E-state index in [9.17, 15) is 4.79 Å². The van der Waals surface area contributed by atoms with Gasteiger partial charge >= 0.3 is 0 Å². The molecule has 2 aromatic carbocycles. The van der Waals surface area contributed by atoms with E-state index in [-0.39, 0.29) is 11.9 Å². The molecule has 0 bridgehead atoms. The lowest BCUT2D eigenvalue weighted by Crippen LogP contribution is -2.24. The number of pyridine rings is 1. The molecule has 0 unspecified atom stereocenters. The van der Waals surface area contributed by atoms with Gasteiger partial charge in [-0.05, 0) is 29.8 Å². The van der Waals surface area contributed by atoms with E-state index in [0.29, 0.717) is 27.9 Å². The number of halogens is 2. The Bertz CT molecular complexity index is 1110. The Balaban J connectivity index is 1.78. The van der Waals surface area contributed by atoms with Gasteiger partial charge in [-0.1, -0.05) is 47.5 Å². The Kier molecular flexibility index (Phi) is 4.96. The number of amides is 1. The minimum atomic E-state index is -0.331. The molecule has 5 nitrogen and oxygen atoms in total. The molecule has 0 radical (unpaired) electrons. The summed E-state index contributed by atoms with van der Waals surface area (Å²) in [5, 5.41) is 7.84. The van der Waals surface area contributed by atoms with Crippen LogP contribution in [0.2, 0.25) is 10.2 Å². The zero-order valence-corrected chi connectivity index (χ0v) is 16.8. The van der Waals surface area contributed by atoms with E-state index in [1.54, 1.807) is 13.2 Å². The molecule has 3 aromatic rings. The maximum atomic E-state index is 12.3. The van der Waals surface area contributed by atoms with Crippen molar-refractivity contribution in [2.24, 2.45) is 5.10 Å². The molecular weight excluding hydrogens is 397 g/mol. The number of hydrogen-bond donors (Lipinski definition) is 0. The van der Waals surface area contributed by atoms with Gasteiger partial charge in [0, 0.05) is 29.3 Å². The van der Waals surface area contributed by atoms with Crippen LogP contribution >= 0.6 is 23.2 Å². The first-order valence-electron chi connectivity index (χ1n) is 8.74. The molecule has 0 saturated heterocycles. The fourth-order valence-corrected chi connectivity index (χ4v) is 3.90. The number of nitrogens with zero attached hydrogens (tertiary/aromatic N) is 3. The summed E-state index contributed by atoms with van der Waals surface area (Å²) in [4.78, 5) is 16.8. The number of hydrazone groups is 1. The molecule has 0 N–H and O–H groups in total. The Morgan fingerprint density at radius 2 is 1.96 bits per heavy atom. The van der Waals surface area contributed by atoms with Gasteiger partial charge < -0.3 is 4.74 Å². The fraction of sp³-hybridized carbons (Fsp3) is 0.190. The molecule has 142 valence electrons. The van der Waals surface area contributed by atoms with Crippen LogP contribution in [0, 0.1) is 0 Å². The number of ether oxygens (including phenoxy) is 1. The predicted molar refractivity (Wildman–Crippen MR) is 111 cm³/mol. The lowest BCUT2D eigenvalue weighted by molar-refractivity contribution is -0.130. The highest BCUT2D eigenvalue weighted by atomic mass is 35.5. The first-order valence-corrected chi connectivity index (χ1v) is 9.50. The number of fused-ring (bicyclic) bond motifs is 1. The zero-order valence-electron chi connectivity index (χ0n) is 15.3. The summed E-state index contributed by atoms with van der Waals surface area (Å²) in [5.41, 5.74) is 3.10. The van der Waals surface area contributed by atoms with Crippen LogP contribution in [0.4, 0.5) is 0 Å². The fourth-order valence-electron chi connectivity index (χ4n) is 3.45. The highest BCUT2D eigenvalue weighted by Crippen LogP contribution is 2.38. The number of methoxy groups -OCH3 is 1. The second-order valence-electron chi connectivity index (χ2n) is 6.54. The topological polar surface area (TPSA) is 54.8 Å². The highest BCUT2D eigenvalue weighted by molar-refractivity contribution is 6.31. The molecule has 1 amide bonds. The number of para-hydroxylation sites is 1. The van der Waals surface area contributed by atoms with E-state index in [1.807, 2.05) is 42.5 Å². The first-order chi connectivity index (χ1) is 13.5. The summed E-state index contributed by atoms with van der Waals surface area (Å²) >= 11 is 12.6. The van der Waals surface area contributed by atoms with Gasteiger partial charge in [0.05, 0.1) is 18.9 Å². The van der Waals surface area contributed by atoms with Gasteiger partial charge in [0.2, 0.25) is 5.91 Å². The van der Waals surface area contributed by atoms with Gasteiger partial charge in [0.25, 0.3) is 0 Å². The van der Waals surface area contributed by atoms with Crippen molar-refractivity contribution in [2.45, 2.75) is 19.4 Å². The molecule has 1 aliphatic heterocycles. The predicted octanol–water partition coefficient (Wildman–Crippen LogP) is 5.25. The van der Waals surface area contributed by atoms with Crippen LogP contribution < -0.4 is 4.74 Å². The van der Waals surface area contributed by atoms with E-state index in [0.717, 1.165) is 22.2 Å². The largest absolute Gasteiger partial charge is 0.494 e. The third-order valence-corrected chi connectivity index (χ3v) is 5.30. The molecule has 4 rings (SSSR count). The summed E-state index contributed by atoms with van der Waals surface area (Å²) in [6.07, 6.45) is 0.525. The van der Waals surface area contributed by atoms with E-state index < -0.39 is 0 Å². The van der Waals surface area contributed by atoms with Crippen LogP contribution in [0.5, 0.6) is 5.75 Å². The minimum absolute atomic E-state index is 0.163. The molecule has 28 heavy (non-hydrogen) atoms. The number of rotatable bonds is 3. The summed E-state index contributed by atoms with van der Waals surface area (Å²) in [6.45, 7) is 1.49. The summed E-state index contributed by atoms with van der Waals surface area (Å²) in [6, 6.07) is 14.7. The standard InChI is InChI=1S/C21H17Cl2N3O2/c1-12(27)26-18(11-17(25-26)13-5-3-7-15(22)9-13)16-10-14-6-4-8-19(28-2)20(14)24-21(16)23/h3-10,18H,11H2,1-2H3/t18-/m1/s1. The van der Waals surface area contributed by atoms with Crippen LogP contribution in [0.25, 0.3) is 10.9 Å². The zero-order chi connectivity index (χ0) is 19.8. The second-order valence-corrected chi connectivity index (χ2v) is 7.34. The molecule has 2 heterocycles. The van der Waals surface area contributed by atoms with E-state index >= 15 is 0 Å². The lowest BCUT2D eigenvalue weighted by Gasteiger charge is -2.21. The van der Waals surface area contributed by atoms with E-state index in [4.69, 9.17) is 27.9 Å². The van der Waals surface area contributed by atoms with Gasteiger partial charge in [0.1, 0.15) is 16.4 Å². The van der Waals surface area contributed by atoms with Crippen molar-refractivity contribution in [1.29, 1.82) is 0 Å². The van der Waals surface area contributed by atoms with Gasteiger partial charge in [-0.2, -0.15) is 5.10 Å². The van der Waals surface area contributed by atoms with Crippen molar-refractivity contribution in [3.05, 3.63) is 69.8 Å². The molecule has 0 aliphatic carbocycles. The second kappa shape index (κ2) is 7.41. The SMILES string of the molecule is COc1cccc2cc([C@H]3CC(c4cccc(Cl)c4)=NN3C(C)=O)c(Cl)nc12. The van der Waals surface area contributed by atoms with Crippen molar-refractivity contribution in [3.8, 4) is 5.75 Å². The molecule has 0 saturated carbocycles. The van der Waals surface area contributed by atoms with E-state index in [2.05, 4.69) is 10.1 Å². The van der Waals surface area contributed by atoms with Gasteiger partial charge in [-0.25, -0.2) is 9.99 Å². The quantitative estimate of drug-likeness (QED) is 0.551. The lowest BCUT2D eigenvalue weighted by atomic mass is 9.98. The van der Waals surface area contributed by atoms with E-state index in [1.165, 1.54) is 11.9 Å². The Morgan fingerprint density at radius 3 is 2.68 bits per heavy atom.